The van der Waals surface area contributed by atoms with Crippen molar-refractivity contribution in [3.8, 4) is 6.07 Å². The summed E-state index contributed by atoms with van der Waals surface area (Å²) >= 11 is 6.23. The van der Waals surface area contributed by atoms with Gasteiger partial charge in [0.05, 0.1) is 10.6 Å². The Balaban J connectivity index is 0.000000380. The van der Waals surface area contributed by atoms with E-state index in [-0.39, 0.29) is 0 Å². The number of carbonyl (C=O) groups excluding carboxylic acids is 1. The van der Waals surface area contributed by atoms with Gasteiger partial charge in [0.2, 0.25) is 0 Å². The second kappa shape index (κ2) is 9.54. The summed E-state index contributed by atoms with van der Waals surface area (Å²) in [6.45, 7) is 6.26. The van der Waals surface area contributed by atoms with Crippen LogP contribution in [0.15, 0.2) is 18.2 Å². The lowest BCUT2D eigenvalue weighted by Gasteiger charge is -2.37. The smallest absolute Gasteiger partial charge is 0.150 e. The number of hydrogen-bond donors (Lipinski definition) is 1. The summed E-state index contributed by atoms with van der Waals surface area (Å²) in [7, 11) is 2.19. The van der Waals surface area contributed by atoms with E-state index in [1.165, 1.54) is 45.2 Å². The number of rotatable bonds is 5. The van der Waals surface area contributed by atoms with Crippen molar-refractivity contribution >= 4 is 23.6 Å². The van der Waals surface area contributed by atoms with Crippen LogP contribution in [-0.4, -0.2) is 54.6 Å². The summed E-state index contributed by atoms with van der Waals surface area (Å²) in [5.74, 6) is 0.824. The molecule has 1 atom stereocenters. The molecule has 0 bridgehead atoms. The van der Waals surface area contributed by atoms with Crippen LogP contribution in [0, 0.1) is 17.2 Å². The highest BCUT2D eigenvalue weighted by molar-refractivity contribution is 6.32. The van der Waals surface area contributed by atoms with Crippen LogP contribution in [0.5, 0.6) is 0 Å². The Morgan fingerprint density at radius 2 is 2.07 bits per heavy atom. The van der Waals surface area contributed by atoms with Crippen LogP contribution < -0.4 is 4.90 Å². The third kappa shape index (κ3) is 6.49. The molecular formula is C21H30ClN3O2. The predicted octanol–water partition coefficient (Wildman–Crippen LogP) is 3.48. The monoisotopic (exact) mass is 391 g/mol. The SMILES string of the molecule is CC(C)(O)C=O.CN1CCC(N(CC2CCC2)c2ccc(C#N)c(Cl)c2)C1. The summed E-state index contributed by atoms with van der Waals surface area (Å²) in [6.07, 6.45) is 5.77. The molecule has 1 aliphatic heterocycles. The average molecular weight is 392 g/mol. The number of hydrogen-bond acceptors (Lipinski definition) is 5. The molecule has 5 nitrogen and oxygen atoms in total. The van der Waals surface area contributed by atoms with E-state index in [1.54, 1.807) is 0 Å². The first-order valence-electron chi connectivity index (χ1n) is 9.57. The number of aldehydes is 1. The van der Waals surface area contributed by atoms with Crippen LogP contribution in [0.25, 0.3) is 0 Å². The molecule has 3 rings (SSSR count). The number of nitrogens with zero attached hydrogens (tertiary/aromatic N) is 3. The molecule has 1 aromatic rings. The van der Waals surface area contributed by atoms with Crippen LogP contribution in [-0.2, 0) is 4.79 Å². The number of aliphatic hydroxyl groups is 1. The van der Waals surface area contributed by atoms with Gasteiger partial charge in [-0.05, 0) is 70.8 Å². The summed E-state index contributed by atoms with van der Waals surface area (Å²) in [6, 6.07) is 8.59. The highest BCUT2D eigenvalue weighted by Crippen LogP contribution is 2.33. The molecule has 1 saturated carbocycles. The number of benzene rings is 1. The van der Waals surface area contributed by atoms with Gasteiger partial charge in [-0.2, -0.15) is 5.26 Å². The second-order valence-corrected chi connectivity index (χ2v) is 8.61. The van der Waals surface area contributed by atoms with Crippen LogP contribution in [0.1, 0.15) is 45.1 Å². The topological polar surface area (TPSA) is 67.6 Å². The summed E-state index contributed by atoms with van der Waals surface area (Å²) < 4.78 is 0. The first-order valence-corrected chi connectivity index (χ1v) is 9.95. The van der Waals surface area contributed by atoms with Crippen LogP contribution in [0.2, 0.25) is 5.02 Å². The van der Waals surface area contributed by atoms with Crippen LogP contribution >= 0.6 is 11.6 Å². The van der Waals surface area contributed by atoms with Gasteiger partial charge in [0.15, 0.2) is 6.29 Å². The third-order valence-electron chi connectivity index (χ3n) is 5.18. The van der Waals surface area contributed by atoms with E-state index in [0.717, 1.165) is 25.6 Å². The molecule has 27 heavy (non-hydrogen) atoms. The molecule has 148 valence electrons. The van der Waals surface area contributed by atoms with Crippen molar-refractivity contribution in [2.45, 2.75) is 51.2 Å². The van der Waals surface area contributed by atoms with E-state index in [9.17, 15) is 4.79 Å². The van der Waals surface area contributed by atoms with E-state index in [0.29, 0.717) is 22.9 Å². The Kier molecular flexibility index (Phi) is 7.67. The molecule has 2 fully saturated rings. The molecule has 0 spiro atoms. The van der Waals surface area contributed by atoms with Gasteiger partial charge in [0, 0.05) is 24.8 Å². The van der Waals surface area contributed by atoms with Crippen molar-refractivity contribution < 1.29 is 9.90 Å². The lowest BCUT2D eigenvalue weighted by atomic mass is 9.84. The second-order valence-electron chi connectivity index (χ2n) is 8.20. The van der Waals surface area contributed by atoms with Crippen LogP contribution in [0.4, 0.5) is 5.69 Å². The van der Waals surface area contributed by atoms with E-state index >= 15 is 0 Å². The first-order chi connectivity index (χ1) is 12.7. The van der Waals surface area contributed by atoms with Gasteiger partial charge < -0.3 is 19.7 Å². The fraction of sp³-hybridized carbons (Fsp3) is 0.619. The molecule has 1 N–H and O–H groups in total. The largest absolute Gasteiger partial charge is 0.383 e. The van der Waals surface area contributed by atoms with Gasteiger partial charge in [0.1, 0.15) is 11.7 Å². The lowest BCUT2D eigenvalue weighted by molar-refractivity contribution is -0.120. The van der Waals surface area contributed by atoms with Gasteiger partial charge >= 0.3 is 0 Å². The number of anilines is 1. The van der Waals surface area contributed by atoms with E-state index in [1.807, 2.05) is 12.1 Å². The molecule has 6 heteroatoms. The van der Waals surface area contributed by atoms with Gasteiger partial charge in [-0.3, -0.25) is 0 Å². The van der Waals surface area contributed by atoms with Gasteiger partial charge in [-0.1, -0.05) is 18.0 Å². The molecule has 1 unspecified atom stereocenters. The molecular weight excluding hydrogens is 362 g/mol. The first kappa shape index (κ1) is 21.7. The zero-order chi connectivity index (χ0) is 20.0. The molecule has 0 radical (unpaired) electrons. The van der Waals surface area contributed by atoms with Crippen molar-refractivity contribution in [2.75, 3.05) is 31.6 Å². The minimum Gasteiger partial charge on any atom is -0.383 e. The Hall–Kier alpha value is -1.61. The Bertz CT molecular complexity index is 677. The number of halogens is 1. The maximum Gasteiger partial charge on any atom is 0.150 e. The standard InChI is InChI=1S/C17H22ClN3.C4H8O2/c1-20-8-7-16(12-20)21(11-13-3-2-4-13)15-6-5-14(10-19)17(18)9-15;1-4(2,6)3-5/h5-6,9,13,16H,2-4,7-8,11-12H2,1H3;3,6H,1-2H3. The quantitative estimate of drug-likeness (QED) is 0.778. The Labute approximate surface area is 167 Å². The highest BCUT2D eigenvalue weighted by Gasteiger charge is 2.29. The minimum absolute atomic E-state index is 0.493. The Morgan fingerprint density at radius 3 is 2.48 bits per heavy atom. The average Bonchev–Trinajstić information content (AvgIpc) is 3.00. The number of nitriles is 1. The normalized spacial score (nSPS) is 20.2. The maximum atomic E-state index is 9.58. The van der Waals surface area contributed by atoms with Crippen molar-refractivity contribution in [2.24, 2.45) is 5.92 Å². The molecule has 1 heterocycles. The minimum atomic E-state index is -1.14. The van der Waals surface area contributed by atoms with Crippen molar-refractivity contribution in [3.05, 3.63) is 28.8 Å². The molecule has 2 aliphatic rings. The van der Waals surface area contributed by atoms with Crippen molar-refractivity contribution in [1.29, 1.82) is 5.26 Å². The summed E-state index contributed by atoms with van der Waals surface area (Å²) in [5.41, 5.74) is 0.596. The molecule has 0 amide bonds. The zero-order valence-electron chi connectivity index (χ0n) is 16.5. The lowest BCUT2D eigenvalue weighted by Crippen LogP contribution is -2.41. The van der Waals surface area contributed by atoms with Gasteiger partial charge in [-0.15, -0.1) is 0 Å². The predicted molar refractivity (Wildman–Crippen MR) is 109 cm³/mol. The molecule has 1 aliphatic carbocycles. The number of likely N-dealkylation sites (tertiary alicyclic amines) is 1. The Morgan fingerprint density at radius 1 is 1.41 bits per heavy atom. The zero-order valence-corrected chi connectivity index (χ0v) is 17.2. The number of likely N-dealkylation sites (N-methyl/N-ethyl adjacent to an activating group) is 1. The van der Waals surface area contributed by atoms with E-state index in [2.05, 4.69) is 29.0 Å². The highest BCUT2D eigenvalue weighted by atomic mass is 35.5. The van der Waals surface area contributed by atoms with E-state index < -0.39 is 5.60 Å². The number of carbonyl (C=O) groups is 1. The molecule has 0 aromatic heterocycles. The summed E-state index contributed by atoms with van der Waals surface area (Å²) in [5, 5.41) is 18.1. The van der Waals surface area contributed by atoms with Gasteiger partial charge in [-0.25, -0.2) is 0 Å². The maximum absolute atomic E-state index is 9.58. The van der Waals surface area contributed by atoms with Gasteiger partial charge in [0.25, 0.3) is 0 Å². The van der Waals surface area contributed by atoms with Crippen molar-refractivity contribution in [3.63, 3.8) is 0 Å². The van der Waals surface area contributed by atoms with Crippen molar-refractivity contribution in [1.82, 2.24) is 4.90 Å². The van der Waals surface area contributed by atoms with Crippen LogP contribution in [0.3, 0.4) is 0 Å². The fourth-order valence-corrected chi connectivity index (χ4v) is 3.58. The molecule has 1 aromatic carbocycles. The fourth-order valence-electron chi connectivity index (χ4n) is 3.36. The third-order valence-corrected chi connectivity index (χ3v) is 5.49. The summed E-state index contributed by atoms with van der Waals surface area (Å²) in [4.78, 5) is 14.5. The molecule has 1 saturated heterocycles. The van der Waals surface area contributed by atoms with E-state index in [4.69, 9.17) is 22.0 Å².